The molecule has 1 fully saturated rings. The van der Waals surface area contributed by atoms with E-state index < -0.39 is 6.10 Å². The zero-order valence-electron chi connectivity index (χ0n) is 14.7. The highest BCUT2D eigenvalue weighted by molar-refractivity contribution is 5.80. The number of carbonyl (C=O) groups excluding carboxylic acids is 1. The molecule has 1 atom stereocenters. The van der Waals surface area contributed by atoms with Crippen molar-refractivity contribution in [3.63, 3.8) is 0 Å². The number of amides is 1. The van der Waals surface area contributed by atoms with Gasteiger partial charge in [0.1, 0.15) is 18.2 Å². The SMILES string of the molecule is CC(OC1CCCCCC1)C(=O)NCc1ccc(-n2ccnc2)nc1. The molecule has 134 valence electrons. The van der Waals surface area contributed by atoms with Gasteiger partial charge < -0.3 is 10.1 Å². The fraction of sp³-hybridized carbons (Fsp3) is 0.526. The number of nitrogens with zero attached hydrogens (tertiary/aromatic N) is 3. The quantitative estimate of drug-likeness (QED) is 0.819. The van der Waals surface area contributed by atoms with Crippen LogP contribution < -0.4 is 5.32 Å². The highest BCUT2D eigenvalue weighted by atomic mass is 16.5. The fourth-order valence-corrected chi connectivity index (χ4v) is 3.13. The van der Waals surface area contributed by atoms with Gasteiger partial charge in [0.05, 0.1) is 6.10 Å². The van der Waals surface area contributed by atoms with Crippen molar-refractivity contribution >= 4 is 5.91 Å². The van der Waals surface area contributed by atoms with Crippen molar-refractivity contribution in [3.05, 3.63) is 42.6 Å². The summed E-state index contributed by atoms with van der Waals surface area (Å²) in [5.74, 6) is 0.737. The molecule has 1 N–H and O–H groups in total. The van der Waals surface area contributed by atoms with Crippen molar-refractivity contribution in [1.29, 1.82) is 0 Å². The summed E-state index contributed by atoms with van der Waals surface area (Å²) >= 11 is 0. The van der Waals surface area contributed by atoms with Gasteiger partial charge in [-0.25, -0.2) is 9.97 Å². The summed E-state index contributed by atoms with van der Waals surface area (Å²) in [5, 5.41) is 2.94. The van der Waals surface area contributed by atoms with Crippen molar-refractivity contribution in [2.75, 3.05) is 0 Å². The number of rotatable bonds is 6. The molecule has 25 heavy (non-hydrogen) atoms. The summed E-state index contributed by atoms with van der Waals surface area (Å²) in [6.07, 6.45) is 13.9. The zero-order valence-corrected chi connectivity index (χ0v) is 14.7. The van der Waals surface area contributed by atoms with Gasteiger partial charge in [-0.2, -0.15) is 0 Å². The third-order valence-electron chi connectivity index (χ3n) is 4.61. The van der Waals surface area contributed by atoms with E-state index in [2.05, 4.69) is 15.3 Å². The molecule has 0 saturated heterocycles. The first kappa shape index (κ1) is 17.6. The molecule has 1 amide bonds. The third kappa shape index (κ3) is 5.13. The lowest BCUT2D eigenvalue weighted by Crippen LogP contribution is -2.36. The first-order valence-electron chi connectivity index (χ1n) is 9.09. The van der Waals surface area contributed by atoms with E-state index in [1.54, 1.807) is 18.7 Å². The van der Waals surface area contributed by atoms with Gasteiger partial charge in [-0.1, -0.05) is 31.7 Å². The van der Waals surface area contributed by atoms with Crippen LogP contribution in [0.15, 0.2) is 37.1 Å². The Morgan fingerprint density at radius 2 is 2.12 bits per heavy atom. The maximum absolute atomic E-state index is 12.3. The van der Waals surface area contributed by atoms with E-state index in [4.69, 9.17) is 4.74 Å². The van der Waals surface area contributed by atoms with Crippen LogP contribution in [0.5, 0.6) is 0 Å². The molecule has 2 aromatic rings. The maximum atomic E-state index is 12.3. The molecule has 0 aromatic carbocycles. The summed E-state index contributed by atoms with van der Waals surface area (Å²) in [6, 6.07) is 3.87. The lowest BCUT2D eigenvalue weighted by molar-refractivity contribution is -0.136. The van der Waals surface area contributed by atoms with Crippen LogP contribution in [0.1, 0.15) is 51.0 Å². The molecular weight excluding hydrogens is 316 g/mol. The highest BCUT2D eigenvalue weighted by Crippen LogP contribution is 2.21. The highest BCUT2D eigenvalue weighted by Gasteiger charge is 2.20. The molecule has 1 aliphatic carbocycles. The molecule has 0 spiro atoms. The van der Waals surface area contributed by atoms with E-state index in [1.165, 1.54) is 25.7 Å². The van der Waals surface area contributed by atoms with E-state index in [0.29, 0.717) is 6.54 Å². The molecule has 1 aliphatic rings. The summed E-state index contributed by atoms with van der Waals surface area (Å²) in [7, 11) is 0. The molecule has 6 heteroatoms. The van der Waals surface area contributed by atoms with E-state index in [1.807, 2.05) is 29.8 Å². The predicted octanol–water partition coefficient (Wildman–Crippen LogP) is 3.01. The maximum Gasteiger partial charge on any atom is 0.249 e. The van der Waals surface area contributed by atoms with Crippen LogP contribution in [-0.2, 0) is 16.1 Å². The van der Waals surface area contributed by atoms with Gasteiger partial charge in [0.2, 0.25) is 5.91 Å². The third-order valence-corrected chi connectivity index (χ3v) is 4.61. The minimum atomic E-state index is -0.415. The Hall–Kier alpha value is -2.21. The standard InChI is InChI=1S/C19H26N4O2/c1-15(25-17-6-4-2-3-5-7-17)19(24)22-13-16-8-9-18(21-12-16)23-11-10-20-14-23/h8-12,14-15,17H,2-7,13H2,1H3,(H,22,24). The number of imidazole rings is 1. The Morgan fingerprint density at radius 3 is 2.76 bits per heavy atom. The molecule has 2 aromatic heterocycles. The van der Waals surface area contributed by atoms with Gasteiger partial charge in [-0.05, 0) is 31.4 Å². The summed E-state index contributed by atoms with van der Waals surface area (Å²) in [6.45, 7) is 2.29. The van der Waals surface area contributed by atoms with E-state index in [9.17, 15) is 4.79 Å². The molecule has 3 rings (SSSR count). The Bertz CT molecular complexity index is 647. The van der Waals surface area contributed by atoms with Crippen molar-refractivity contribution in [2.24, 2.45) is 0 Å². The number of pyridine rings is 1. The Morgan fingerprint density at radius 1 is 1.32 bits per heavy atom. The molecule has 0 radical (unpaired) electrons. The van der Waals surface area contributed by atoms with Gasteiger partial charge in [-0.15, -0.1) is 0 Å². The number of ether oxygens (including phenoxy) is 1. The van der Waals surface area contributed by atoms with Crippen LogP contribution in [0.25, 0.3) is 5.82 Å². The second kappa shape index (κ2) is 8.76. The number of hydrogen-bond acceptors (Lipinski definition) is 4. The minimum absolute atomic E-state index is 0.0667. The van der Waals surface area contributed by atoms with Gasteiger partial charge in [-0.3, -0.25) is 9.36 Å². The van der Waals surface area contributed by atoms with Crippen LogP contribution in [0.2, 0.25) is 0 Å². The second-order valence-corrected chi connectivity index (χ2v) is 6.60. The number of hydrogen-bond donors (Lipinski definition) is 1. The zero-order chi connectivity index (χ0) is 17.5. The monoisotopic (exact) mass is 342 g/mol. The van der Waals surface area contributed by atoms with Crippen LogP contribution in [0, 0.1) is 0 Å². The largest absolute Gasteiger partial charge is 0.365 e. The van der Waals surface area contributed by atoms with Crippen molar-refractivity contribution in [2.45, 2.75) is 64.2 Å². The van der Waals surface area contributed by atoms with Crippen molar-refractivity contribution in [3.8, 4) is 5.82 Å². The van der Waals surface area contributed by atoms with E-state index in [-0.39, 0.29) is 12.0 Å². The van der Waals surface area contributed by atoms with Crippen LogP contribution in [0.3, 0.4) is 0 Å². The van der Waals surface area contributed by atoms with E-state index in [0.717, 1.165) is 24.2 Å². The lowest BCUT2D eigenvalue weighted by Gasteiger charge is -2.20. The topological polar surface area (TPSA) is 69.0 Å². The molecular formula is C19H26N4O2. The first-order chi connectivity index (χ1) is 12.2. The molecule has 1 saturated carbocycles. The molecule has 1 unspecified atom stereocenters. The predicted molar refractivity (Wildman–Crippen MR) is 95.2 cm³/mol. The van der Waals surface area contributed by atoms with Crippen molar-refractivity contribution in [1.82, 2.24) is 19.9 Å². The summed E-state index contributed by atoms with van der Waals surface area (Å²) < 4.78 is 7.79. The Labute approximate surface area is 148 Å². The molecule has 6 nitrogen and oxygen atoms in total. The summed E-state index contributed by atoms with van der Waals surface area (Å²) in [5.41, 5.74) is 0.957. The van der Waals surface area contributed by atoms with Crippen LogP contribution in [-0.4, -0.2) is 32.7 Å². The minimum Gasteiger partial charge on any atom is -0.365 e. The fourth-order valence-electron chi connectivity index (χ4n) is 3.13. The number of carbonyl (C=O) groups is 1. The lowest BCUT2D eigenvalue weighted by atomic mass is 10.1. The van der Waals surface area contributed by atoms with Crippen LogP contribution >= 0.6 is 0 Å². The van der Waals surface area contributed by atoms with Gasteiger partial charge in [0.25, 0.3) is 0 Å². The van der Waals surface area contributed by atoms with Gasteiger partial charge >= 0.3 is 0 Å². The first-order valence-corrected chi connectivity index (χ1v) is 9.09. The Balaban J connectivity index is 1.46. The van der Waals surface area contributed by atoms with Crippen molar-refractivity contribution < 1.29 is 9.53 Å². The smallest absolute Gasteiger partial charge is 0.249 e. The molecule has 0 aliphatic heterocycles. The second-order valence-electron chi connectivity index (χ2n) is 6.60. The Kier molecular flexibility index (Phi) is 6.17. The van der Waals surface area contributed by atoms with Gasteiger partial charge in [0.15, 0.2) is 0 Å². The van der Waals surface area contributed by atoms with Gasteiger partial charge in [0, 0.05) is 25.1 Å². The average molecular weight is 342 g/mol. The van der Waals surface area contributed by atoms with E-state index >= 15 is 0 Å². The number of aromatic nitrogens is 3. The normalized spacial score (nSPS) is 17.0. The molecule has 2 heterocycles. The number of nitrogens with one attached hydrogen (secondary N) is 1. The molecule has 0 bridgehead atoms. The summed E-state index contributed by atoms with van der Waals surface area (Å²) in [4.78, 5) is 20.7. The average Bonchev–Trinajstić information content (AvgIpc) is 3.05. The van der Waals surface area contributed by atoms with Crippen LogP contribution in [0.4, 0.5) is 0 Å².